The van der Waals surface area contributed by atoms with Crippen molar-refractivity contribution in [3.63, 3.8) is 0 Å². The van der Waals surface area contributed by atoms with Gasteiger partial charge in [0.1, 0.15) is 12.1 Å². The van der Waals surface area contributed by atoms with Crippen LogP contribution in [-0.4, -0.2) is 27.0 Å². The molecule has 2 aromatic heterocycles. The van der Waals surface area contributed by atoms with E-state index in [9.17, 15) is 0 Å². The van der Waals surface area contributed by atoms with Gasteiger partial charge >= 0.3 is 0 Å². The lowest BCUT2D eigenvalue weighted by atomic mass is 10.1. The summed E-state index contributed by atoms with van der Waals surface area (Å²) in [7, 11) is 0. The van der Waals surface area contributed by atoms with Crippen LogP contribution in [0.3, 0.4) is 0 Å². The van der Waals surface area contributed by atoms with Gasteiger partial charge in [-0.3, -0.25) is 4.57 Å². The molecule has 6 nitrogen and oxygen atoms in total. The zero-order chi connectivity index (χ0) is 18.2. The molecule has 6 heteroatoms. The van der Waals surface area contributed by atoms with Crippen LogP contribution in [0.4, 0.5) is 0 Å². The maximum absolute atomic E-state index is 4.66. The molecule has 0 saturated heterocycles. The lowest BCUT2D eigenvalue weighted by molar-refractivity contribution is 0.812. The summed E-state index contributed by atoms with van der Waals surface area (Å²) in [6.45, 7) is 6.31. The van der Waals surface area contributed by atoms with Crippen LogP contribution in [0.5, 0.6) is 0 Å². The summed E-state index contributed by atoms with van der Waals surface area (Å²) in [5.74, 6) is 1.65. The maximum atomic E-state index is 4.66. The van der Waals surface area contributed by atoms with E-state index in [1.807, 2.05) is 29.1 Å². The minimum absolute atomic E-state index is 0.570. The molecule has 0 aliphatic rings. The van der Waals surface area contributed by atoms with Gasteiger partial charge in [-0.2, -0.15) is 0 Å². The molecule has 0 spiro atoms. The topological polar surface area (TPSA) is 67.1 Å². The number of imidazole rings is 1. The highest BCUT2D eigenvalue weighted by Gasteiger charge is 2.02. The largest absolute Gasteiger partial charge is 0.357 e. The minimum Gasteiger partial charge on any atom is -0.357 e. The lowest BCUT2D eigenvalue weighted by Gasteiger charge is -2.12. The Bertz CT molecular complexity index is 837. The number of benzene rings is 1. The Labute approximate surface area is 154 Å². The van der Waals surface area contributed by atoms with E-state index in [0.29, 0.717) is 6.54 Å². The Balaban J connectivity index is 1.62. The van der Waals surface area contributed by atoms with Crippen molar-refractivity contribution in [3.8, 4) is 5.82 Å². The summed E-state index contributed by atoms with van der Waals surface area (Å²) < 4.78 is 1.88. The van der Waals surface area contributed by atoms with Gasteiger partial charge in [0.25, 0.3) is 0 Å². The molecular weight excluding hydrogens is 324 g/mol. The number of rotatable bonds is 6. The second kappa shape index (κ2) is 8.80. The van der Waals surface area contributed by atoms with Crippen molar-refractivity contribution < 1.29 is 0 Å². The third-order valence-corrected chi connectivity index (χ3v) is 4.05. The zero-order valence-electron chi connectivity index (χ0n) is 15.2. The third-order valence-electron chi connectivity index (χ3n) is 4.05. The fraction of sp³-hybridized carbons (Fsp3) is 0.250. The number of aryl methyl sites for hydroxylation is 1. The first kappa shape index (κ1) is 17.7. The molecule has 134 valence electrons. The van der Waals surface area contributed by atoms with Crippen molar-refractivity contribution in [2.24, 2.45) is 4.99 Å². The predicted molar refractivity (Wildman–Crippen MR) is 104 cm³/mol. The second-order valence-electron chi connectivity index (χ2n) is 5.97. The van der Waals surface area contributed by atoms with Gasteiger partial charge in [-0.25, -0.2) is 15.0 Å². The molecule has 0 amide bonds. The fourth-order valence-electron chi connectivity index (χ4n) is 2.56. The van der Waals surface area contributed by atoms with Crippen LogP contribution < -0.4 is 10.6 Å². The normalized spacial score (nSPS) is 11.4. The van der Waals surface area contributed by atoms with E-state index in [0.717, 1.165) is 30.4 Å². The Morgan fingerprint density at radius 2 is 2.04 bits per heavy atom. The zero-order valence-corrected chi connectivity index (χ0v) is 15.2. The molecular formula is C20H24N6. The maximum Gasteiger partial charge on any atom is 0.191 e. The van der Waals surface area contributed by atoms with E-state index >= 15 is 0 Å². The predicted octanol–water partition coefficient (Wildman–Crippen LogP) is 2.83. The Morgan fingerprint density at radius 3 is 2.73 bits per heavy atom. The van der Waals surface area contributed by atoms with Gasteiger partial charge in [-0.15, -0.1) is 0 Å². The van der Waals surface area contributed by atoms with Gasteiger partial charge in [0.2, 0.25) is 0 Å². The average molecular weight is 348 g/mol. The van der Waals surface area contributed by atoms with E-state index in [4.69, 9.17) is 0 Å². The van der Waals surface area contributed by atoms with E-state index in [2.05, 4.69) is 63.7 Å². The van der Waals surface area contributed by atoms with Crippen molar-refractivity contribution in [2.75, 3.05) is 6.54 Å². The number of nitrogens with one attached hydrogen (secondary N) is 2. The van der Waals surface area contributed by atoms with Crippen LogP contribution in [0, 0.1) is 6.92 Å². The molecule has 0 fully saturated rings. The lowest BCUT2D eigenvalue weighted by Crippen LogP contribution is -2.36. The molecule has 0 aliphatic carbocycles. The first-order valence-corrected chi connectivity index (χ1v) is 8.76. The molecule has 0 unspecified atom stereocenters. The monoisotopic (exact) mass is 348 g/mol. The van der Waals surface area contributed by atoms with Gasteiger partial charge in [0.05, 0.1) is 6.54 Å². The highest BCUT2D eigenvalue weighted by Crippen LogP contribution is 2.07. The van der Waals surface area contributed by atoms with Crippen LogP contribution >= 0.6 is 0 Å². The molecule has 2 heterocycles. The number of aromatic nitrogens is 3. The summed E-state index contributed by atoms with van der Waals surface area (Å²) in [4.78, 5) is 13.2. The van der Waals surface area contributed by atoms with Gasteiger partial charge in [-0.1, -0.05) is 30.3 Å². The average Bonchev–Trinajstić information content (AvgIpc) is 3.20. The molecule has 1 aromatic carbocycles. The molecule has 0 radical (unpaired) electrons. The summed E-state index contributed by atoms with van der Waals surface area (Å²) in [6.07, 6.45) is 7.20. The summed E-state index contributed by atoms with van der Waals surface area (Å²) in [6, 6.07) is 12.4. The van der Waals surface area contributed by atoms with E-state index < -0.39 is 0 Å². The molecule has 3 rings (SSSR count). The smallest absolute Gasteiger partial charge is 0.191 e. The molecule has 26 heavy (non-hydrogen) atoms. The first-order valence-electron chi connectivity index (χ1n) is 8.76. The SMILES string of the molecule is CCNC(=NCc1ccc(-n2ccnc2)nc1)NCc1ccccc1C. The number of nitrogens with zero attached hydrogens (tertiary/aromatic N) is 4. The second-order valence-corrected chi connectivity index (χ2v) is 5.97. The molecule has 0 aliphatic heterocycles. The summed E-state index contributed by atoms with van der Waals surface area (Å²) in [5, 5.41) is 6.67. The van der Waals surface area contributed by atoms with Gasteiger partial charge in [-0.05, 0) is 36.6 Å². The van der Waals surface area contributed by atoms with Crippen molar-refractivity contribution in [1.82, 2.24) is 25.2 Å². The van der Waals surface area contributed by atoms with E-state index in [-0.39, 0.29) is 0 Å². The van der Waals surface area contributed by atoms with Crippen molar-refractivity contribution in [2.45, 2.75) is 26.9 Å². The van der Waals surface area contributed by atoms with Gasteiger partial charge < -0.3 is 10.6 Å². The Hall–Kier alpha value is -3.15. The number of hydrogen-bond donors (Lipinski definition) is 2. The quantitative estimate of drug-likeness (QED) is 0.531. The molecule has 0 saturated carbocycles. The van der Waals surface area contributed by atoms with Crippen LogP contribution in [0.2, 0.25) is 0 Å². The Morgan fingerprint density at radius 1 is 1.15 bits per heavy atom. The summed E-state index contributed by atoms with van der Waals surface area (Å²) in [5.41, 5.74) is 3.60. The molecule has 2 N–H and O–H groups in total. The summed E-state index contributed by atoms with van der Waals surface area (Å²) >= 11 is 0. The number of pyridine rings is 1. The number of hydrogen-bond acceptors (Lipinski definition) is 3. The third kappa shape index (κ3) is 4.69. The Kier molecular flexibility index (Phi) is 5.98. The molecule has 0 atom stereocenters. The van der Waals surface area contributed by atoms with Crippen LogP contribution in [0.1, 0.15) is 23.6 Å². The van der Waals surface area contributed by atoms with Crippen LogP contribution in [-0.2, 0) is 13.1 Å². The minimum atomic E-state index is 0.570. The standard InChI is InChI=1S/C20H24N6/c1-3-22-20(25-14-18-7-5-4-6-16(18)2)24-13-17-8-9-19(23-12-17)26-11-10-21-15-26/h4-12,15H,3,13-14H2,1-2H3,(H2,22,24,25). The van der Waals surface area contributed by atoms with Crippen molar-refractivity contribution >= 4 is 5.96 Å². The fourth-order valence-corrected chi connectivity index (χ4v) is 2.56. The number of aliphatic imine (C=N–C) groups is 1. The van der Waals surface area contributed by atoms with Crippen LogP contribution in [0.15, 0.2) is 66.3 Å². The van der Waals surface area contributed by atoms with E-state index in [1.165, 1.54) is 11.1 Å². The molecule has 3 aromatic rings. The number of guanidine groups is 1. The van der Waals surface area contributed by atoms with Crippen molar-refractivity contribution in [1.29, 1.82) is 0 Å². The highest BCUT2D eigenvalue weighted by atomic mass is 15.2. The van der Waals surface area contributed by atoms with Gasteiger partial charge in [0.15, 0.2) is 5.96 Å². The first-order chi connectivity index (χ1) is 12.8. The molecule has 0 bridgehead atoms. The van der Waals surface area contributed by atoms with Crippen molar-refractivity contribution in [3.05, 3.63) is 78.0 Å². The highest BCUT2D eigenvalue weighted by molar-refractivity contribution is 5.79. The van der Waals surface area contributed by atoms with Gasteiger partial charge in [0, 0.05) is 31.7 Å². The van der Waals surface area contributed by atoms with E-state index in [1.54, 1.807) is 12.5 Å². The van der Waals surface area contributed by atoms with Crippen LogP contribution in [0.25, 0.3) is 5.82 Å².